The molecule has 0 bridgehead atoms. The first-order valence-corrected chi connectivity index (χ1v) is 3.64. The Bertz CT molecular complexity index is 50.0. The van der Waals surface area contributed by atoms with Crippen molar-refractivity contribution in [1.29, 1.82) is 0 Å². The Hall–Kier alpha value is 0.674. The van der Waals surface area contributed by atoms with Crippen LogP contribution >= 0.6 is 0 Å². The molecule has 2 heteroatoms. The second-order valence-corrected chi connectivity index (χ2v) is 2.58. The van der Waals surface area contributed by atoms with Crippen LogP contribution in [0.15, 0.2) is 0 Å². The topological polar surface area (TPSA) is 12.0 Å². The third-order valence-corrected chi connectivity index (χ3v) is 2.20. The molecule has 1 rings (SSSR count). The summed E-state index contributed by atoms with van der Waals surface area (Å²) in [5.74, 6) is 0. The fourth-order valence-electron chi connectivity index (χ4n) is 1.07. The summed E-state index contributed by atoms with van der Waals surface area (Å²) in [7, 11) is 0. The van der Waals surface area contributed by atoms with E-state index in [4.69, 9.17) is 0 Å². The second kappa shape index (κ2) is 2.86. The Kier molecular flexibility index (Phi) is 2.37. The summed E-state index contributed by atoms with van der Waals surface area (Å²) in [6.07, 6.45) is 5.67. The van der Waals surface area contributed by atoms with Crippen molar-refractivity contribution in [2.45, 2.75) is 31.7 Å². The molecule has 1 N–H and O–H groups in total. The van der Waals surface area contributed by atoms with Crippen LogP contribution in [0.3, 0.4) is 0 Å². The molecular formula is C5H10NTi. The van der Waals surface area contributed by atoms with E-state index in [1.807, 2.05) is 0 Å². The van der Waals surface area contributed by atoms with Crippen LogP contribution < -0.4 is 3.80 Å². The van der Waals surface area contributed by atoms with Gasteiger partial charge in [-0.05, 0) is 0 Å². The maximum atomic E-state index is 3.26. The van der Waals surface area contributed by atoms with Crippen LogP contribution in [0, 0.1) is 0 Å². The van der Waals surface area contributed by atoms with Crippen molar-refractivity contribution >= 4 is 0 Å². The summed E-state index contributed by atoms with van der Waals surface area (Å²) in [5.41, 5.74) is 0. The van der Waals surface area contributed by atoms with Crippen LogP contribution in [0.2, 0.25) is 0 Å². The molecule has 0 aliphatic heterocycles. The van der Waals surface area contributed by atoms with Gasteiger partial charge in [-0.3, -0.25) is 0 Å². The molecule has 1 aliphatic carbocycles. The van der Waals surface area contributed by atoms with Crippen molar-refractivity contribution in [3.63, 3.8) is 0 Å². The van der Waals surface area contributed by atoms with Gasteiger partial charge in [-0.15, -0.1) is 0 Å². The van der Waals surface area contributed by atoms with Gasteiger partial charge in [0, 0.05) is 0 Å². The van der Waals surface area contributed by atoms with Crippen LogP contribution in [-0.2, 0) is 20.7 Å². The minimum atomic E-state index is 0.847. The normalized spacial score (nSPS) is 23.3. The predicted octanol–water partition coefficient (Wildman–Crippen LogP) is 0.980. The molecule has 0 heterocycles. The van der Waals surface area contributed by atoms with Gasteiger partial charge >= 0.3 is 56.2 Å². The fourth-order valence-corrected chi connectivity index (χ4v) is 1.52. The first-order chi connectivity index (χ1) is 3.43. The van der Waals surface area contributed by atoms with E-state index >= 15 is 0 Å². The van der Waals surface area contributed by atoms with Crippen molar-refractivity contribution in [3.8, 4) is 0 Å². The maximum absolute atomic E-state index is 3.26. The Balaban J connectivity index is 2.14. The van der Waals surface area contributed by atoms with Crippen LogP contribution in [-0.4, -0.2) is 6.04 Å². The molecule has 1 saturated carbocycles. The summed E-state index contributed by atoms with van der Waals surface area (Å²) < 4.78 is 3.26. The van der Waals surface area contributed by atoms with E-state index in [-0.39, 0.29) is 0 Å². The molecule has 0 atom stereocenters. The summed E-state index contributed by atoms with van der Waals surface area (Å²) >= 11 is 2.05. The molecule has 0 amide bonds. The van der Waals surface area contributed by atoms with Crippen LogP contribution in [0.4, 0.5) is 0 Å². The summed E-state index contributed by atoms with van der Waals surface area (Å²) in [6.45, 7) is 0. The van der Waals surface area contributed by atoms with Gasteiger partial charge in [0.1, 0.15) is 0 Å². The molecule has 0 aromatic heterocycles. The van der Waals surface area contributed by atoms with Crippen molar-refractivity contribution in [2.75, 3.05) is 0 Å². The van der Waals surface area contributed by atoms with E-state index in [0.717, 1.165) is 6.04 Å². The third kappa shape index (κ3) is 1.56. The molecule has 0 radical (unpaired) electrons. The molecule has 7 heavy (non-hydrogen) atoms. The van der Waals surface area contributed by atoms with Gasteiger partial charge in [0.2, 0.25) is 0 Å². The number of nitrogens with one attached hydrogen (secondary N) is 1. The molecule has 0 spiro atoms. The number of hydrogen-bond acceptors (Lipinski definition) is 1. The van der Waals surface area contributed by atoms with Gasteiger partial charge in [0.15, 0.2) is 0 Å². The Morgan fingerprint density at radius 2 is 1.86 bits per heavy atom. The average Bonchev–Trinajstić information content (AvgIpc) is 2.14. The molecule has 0 aromatic carbocycles. The molecular weight excluding hydrogens is 122 g/mol. The van der Waals surface area contributed by atoms with Gasteiger partial charge in [0.05, 0.1) is 0 Å². The van der Waals surface area contributed by atoms with E-state index in [0.29, 0.717) is 0 Å². The van der Waals surface area contributed by atoms with E-state index in [1.54, 1.807) is 0 Å². The molecule has 0 saturated heterocycles. The first-order valence-electron chi connectivity index (χ1n) is 2.86. The molecule has 39 valence electrons. The monoisotopic (exact) mass is 132 g/mol. The Morgan fingerprint density at radius 3 is 2.14 bits per heavy atom. The number of hydrogen-bond donors (Lipinski definition) is 1. The van der Waals surface area contributed by atoms with Gasteiger partial charge < -0.3 is 0 Å². The summed E-state index contributed by atoms with van der Waals surface area (Å²) in [6, 6.07) is 0.847. The fraction of sp³-hybridized carbons (Fsp3) is 1.00. The predicted molar refractivity (Wildman–Crippen MR) is 25.4 cm³/mol. The van der Waals surface area contributed by atoms with E-state index in [2.05, 4.69) is 24.5 Å². The van der Waals surface area contributed by atoms with Crippen molar-refractivity contribution in [1.82, 2.24) is 3.80 Å². The summed E-state index contributed by atoms with van der Waals surface area (Å²) in [4.78, 5) is 0. The van der Waals surface area contributed by atoms with Gasteiger partial charge in [-0.1, -0.05) is 0 Å². The standard InChI is InChI=1S/C5H10N.Ti/c6-5-3-1-2-4-5;/h5-6H,1-4H2;/q-1;+1. The third-order valence-electron chi connectivity index (χ3n) is 1.56. The van der Waals surface area contributed by atoms with E-state index in [9.17, 15) is 0 Å². The van der Waals surface area contributed by atoms with Gasteiger partial charge in [-0.2, -0.15) is 0 Å². The van der Waals surface area contributed by atoms with Crippen LogP contribution in [0.5, 0.6) is 0 Å². The zero-order valence-corrected chi connectivity index (χ0v) is 5.97. The van der Waals surface area contributed by atoms with Crippen LogP contribution in [0.25, 0.3) is 0 Å². The second-order valence-electron chi connectivity index (χ2n) is 2.13. The Labute approximate surface area is 56.6 Å². The molecule has 1 aliphatic rings. The Morgan fingerprint density at radius 1 is 1.29 bits per heavy atom. The SMILES string of the molecule is [Ti][NH]C1CCCC1. The zero-order chi connectivity index (χ0) is 5.11. The minimum absolute atomic E-state index is 0.847. The van der Waals surface area contributed by atoms with E-state index < -0.39 is 0 Å². The van der Waals surface area contributed by atoms with Crippen molar-refractivity contribution in [2.24, 2.45) is 0 Å². The van der Waals surface area contributed by atoms with E-state index in [1.165, 1.54) is 25.7 Å². The van der Waals surface area contributed by atoms with Crippen LogP contribution in [0.1, 0.15) is 25.7 Å². The molecule has 0 unspecified atom stereocenters. The molecule has 0 aromatic rings. The van der Waals surface area contributed by atoms with Crippen molar-refractivity contribution < 1.29 is 20.7 Å². The van der Waals surface area contributed by atoms with Gasteiger partial charge in [0.25, 0.3) is 0 Å². The van der Waals surface area contributed by atoms with Crippen molar-refractivity contribution in [3.05, 3.63) is 0 Å². The zero-order valence-electron chi connectivity index (χ0n) is 4.41. The summed E-state index contributed by atoms with van der Waals surface area (Å²) in [5, 5.41) is 0. The first kappa shape index (κ1) is 5.80. The molecule has 1 nitrogen and oxygen atoms in total. The average molecular weight is 132 g/mol. The quantitative estimate of drug-likeness (QED) is 0.524. The molecule has 1 fully saturated rings. The van der Waals surface area contributed by atoms with Gasteiger partial charge in [-0.25, -0.2) is 0 Å². The number of rotatable bonds is 1.